The number of hydrogen-bond acceptors (Lipinski definition) is 4. The highest BCUT2D eigenvalue weighted by atomic mass is 16.5. The molecule has 1 aromatic heterocycles. The maximum atomic E-state index is 12.1. The first-order valence-corrected chi connectivity index (χ1v) is 7.79. The lowest BCUT2D eigenvalue weighted by atomic mass is 10.1. The fourth-order valence-electron chi connectivity index (χ4n) is 2.32. The van der Waals surface area contributed by atoms with Gasteiger partial charge >= 0.3 is 0 Å². The van der Waals surface area contributed by atoms with Crippen LogP contribution in [0.4, 0.5) is 5.69 Å². The predicted molar refractivity (Wildman–Crippen MR) is 95.3 cm³/mol. The molecule has 6 nitrogen and oxygen atoms in total. The van der Waals surface area contributed by atoms with E-state index in [4.69, 9.17) is 4.74 Å². The van der Waals surface area contributed by atoms with Crippen LogP contribution in [-0.2, 0) is 9.59 Å². The molecule has 0 aliphatic rings. The van der Waals surface area contributed by atoms with Crippen molar-refractivity contribution in [2.45, 2.75) is 0 Å². The molecule has 3 aromatic rings. The summed E-state index contributed by atoms with van der Waals surface area (Å²) in [5.41, 5.74) is 0.680. The second-order valence-electron chi connectivity index (χ2n) is 5.33. The smallest absolute Gasteiger partial charge is 0.258 e. The van der Waals surface area contributed by atoms with Gasteiger partial charge in [-0.2, -0.15) is 0 Å². The molecule has 0 atom stereocenters. The molecule has 25 heavy (non-hydrogen) atoms. The number of pyridine rings is 1. The van der Waals surface area contributed by atoms with Gasteiger partial charge in [-0.05, 0) is 24.3 Å². The summed E-state index contributed by atoms with van der Waals surface area (Å²) in [6.07, 6.45) is 3.40. The largest absolute Gasteiger partial charge is 0.484 e. The Morgan fingerprint density at radius 2 is 1.80 bits per heavy atom. The third-order valence-corrected chi connectivity index (χ3v) is 3.51. The topological polar surface area (TPSA) is 80.3 Å². The van der Waals surface area contributed by atoms with Crippen LogP contribution in [0.3, 0.4) is 0 Å². The summed E-state index contributed by atoms with van der Waals surface area (Å²) < 4.78 is 5.33. The fourth-order valence-corrected chi connectivity index (χ4v) is 2.32. The van der Waals surface area contributed by atoms with E-state index >= 15 is 0 Å². The Balaban J connectivity index is 1.50. The highest BCUT2D eigenvalue weighted by molar-refractivity contribution is 6.03. The van der Waals surface area contributed by atoms with Gasteiger partial charge in [-0.25, -0.2) is 0 Å². The van der Waals surface area contributed by atoms with E-state index in [1.54, 1.807) is 30.6 Å². The number of amides is 2. The quantitative estimate of drug-likeness (QED) is 0.725. The van der Waals surface area contributed by atoms with Gasteiger partial charge in [0, 0.05) is 28.9 Å². The average molecular weight is 335 g/mol. The summed E-state index contributed by atoms with van der Waals surface area (Å²) in [6, 6.07) is 16.4. The van der Waals surface area contributed by atoms with Crippen molar-refractivity contribution in [1.29, 1.82) is 0 Å². The van der Waals surface area contributed by atoms with E-state index in [1.807, 2.05) is 36.4 Å². The second-order valence-corrected chi connectivity index (χ2v) is 5.33. The lowest BCUT2D eigenvalue weighted by Crippen LogP contribution is -2.35. The highest BCUT2D eigenvalue weighted by Gasteiger charge is 2.08. The van der Waals surface area contributed by atoms with Crippen molar-refractivity contribution in [3.05, 3.63) is 67.0 Å². The molecule has 0 radical (unpaired) electrons. The summed E-state index contributed by atoms with van der Waals surface area (Å²) in [4.78, 5) is 27.9. The number of fused-ring (bicyclic) bond motifs is 1. The summed E-state index contributed by atoms with van der Waals surface area (Å²) in [6.45, 7) is -0.268. The Hall–Kier alpha value is -3.41. The number of nitrogens with one attached hydrogen (secondary N) is 2. The number of ether oxygens (including phenoxy) is 1. The molecule has 0 saturated heterocycles. The van der Waals surface area contributed by atoms with E-state index in [0.29, 0.717) is 11.4 Å². The van der Waals surface area contributed by atoms with Crippen molar-refractivity contribution in [3.8, 4) is 5.75 Å². The van der Waals surface area contributed by atoms with Gasteiger partial charge in [0.2, 0.25) is 5.91 Å². The molecule has 0 spiro atoms. The molecule has 0 aliphatic carbocycles. The molecule has 0 bridgehead atoms. The van der Waals surface area contributed by atoms with E-state index < -0.39 is 0 Å². The Kier molecular flexibility index (Phi) is 5.21. The first-order valence-electron chi connectivity index (χ1n) is 7.79. The van der Waals surface area contributed by atoms with Gasteiger partial charge in [-0.15, -0.1) is 0 Å². The molecule has 1 heterocycles. The Bertz CT molecular complexity index is 876. The molecule has 0 aliphatic heterocycles. The summed E-state index contributed by atoms with van der Waals surface area (Å²) in [7, 11) is 0. The van der Waals surface area contributed by atoms with Crippen LogP contribution in [0.2, 0.25) is 0 Å². The number of benzene rings is 2. The molecular formula is C19H17N3O3. The minimum absolute atomic E-state index is 0.127. The third-order valence-electron chi connectivity index (χ3n) is 3.51. The zero-order valence-corrected chi connectivity index (χ0v) is 13.4. The van der Waals surface area contributed by atoms with Crippen molar-refractivity contribution in [2.24, 2.45) is 0 Å². The number of carbonyl (C=O) groups is 2. The van der Waals surface area contributed by atoms with Crippen LogP contribution in [0.5, 0.6) is 5.75 Å². The molecule has 6 heteroatoms. The van der Waals surface area contributed by atoms with Gasteiger partial charge in [0.05, 0.1) is 6.54 Å². The van der Waals surface area contributed by atoms with Crippen molar-refractivity contribution in [2.75, 3.05) is 18.5 Å². The van der Waals surface area contributed by atoms with Crippen LogP contribution >= 0.6 is 0 Å². The zero-order chi connectivity index (χ0) is 17.5. The van der Waals surface area contributed by atoms with Gasteiger partial charge in [-0.1, -0.05) is 30.3 Å². The van der Waals surface area contributed by atoms with E-state index in [2.05, 4.69) is 15.6 Å². The molecule has 2 amide bonds. The van der Waals surface area contributed by atoms with Crippen LogP contribution in [0.1, 0.15) is 0 Å². The van der Waals surface area contributed by atoms with Crippen LogP contribution in [0.15, 0.2) is 67.0 Å². The molecule has 3 rings (SSSR count). The lowest BCUT2D eigenvalue weighted by Gasteiger charge is -2.10. The van der Waals surface area contributed by atoms with Crippen molar-refractivity contribution >= 4 is 28.3 Å². The molecule has 0 fully saturated rings. The fraction of sp³-hybridized carbons (Fsp3) is 0.105. The molecule has 0 unspecified atom stereocenters. The number of carbonyl (C=O) groups excluding carboxylic acids is 2. The molecule has 126 valence electrons. The highest BCUT2D eigenvalue weighted by Crippen LogP contribution is 2.21. The monoisotopic (exact) mass is 335 g/mol. The number of anilines is 1. The first kappa shape index (κ1) is 16.4. The van der Waals surface area contributed by atoms with Gasteiger partial charge in [0.1, 0.15) is 5.75 Å². The Morgan fingerprint density at radius 3 is 2.64 bits per heavy atom. The second kappa shape index (κ2) is 7.92. The van der Waals surface area contributed by atoms with Crippen LogP contribution in [0, 0.1) is 0 Å². The molecule has 2 N–H and O–H groups in total. The van der Waals surface area contributed by atoms with Crippen molar-refractivity contribution in [1.82, 2.24) is 10.3 Å². The minimum atomic E-state index is -0.360. The molecular weight excluding hydrogens is 318 g/mol. The number of aromatic nitrogens is 1. The van der Waals surface area contributed by atoms with Gasteiger partial charge < -0.3 is 15.4 Å². The Labute approximate surface area is 144 Å². The number of hydrogen-bond donors (Lipinski definition) is 2. The third kappa shape index (κ3) is 4.54. The maximum Gasteiger partial charge on any atom is 0.258 e. The number of nitrogens with zero attached hydrogens (tertiary/aromatic N) is 1. The molecule has 2 aromatic carbocycles. The van der Waals surface area contributed by atoms with Crippen molar-refractivity contribution < 1.29 is 14.3 Å². The van der Waals surface area contributed by atoms with Crippen LogP contribution in [-0.4, -0.2) is 29.9 Å². The summed E-state index contributed by atoms with van der Waals surface area (Å²) in [5.74, 6) is -0.0648. The summed E-state index contributed by atoms with van der Waals surface area (Å²) >= 11 is 0. The predicted octanol–water partition coefficient (Wildman–Crippen LogP) is 2.37. The van der Waals surface area contributed by atoms with E-state index in [9.17, 15) is 9.59 Å². The Morgan fingerprint density at radius 1 is 0.960 bits per heavy atom. The summed E-state index contributed by atoms with van der Waals surface area (Å²) in [5, 5.41) is 7.15. The van der Waals surface area contributed by atoms with Crippen LogP contribution < -0.4 is 15.4 Å². The zero-order valence-electron chi connectivity index (χ0n) is 13.4. The SMILES string of the molecule is O=C(COc1ccccc1)NCC(=O)Nc1cccc2cnccc12. The van der Waals surface area contributed by atoms with Gasteiger partial charge in [0.15, 0.2) is 6.61 Å². The van der Waals surface area contributed by atoms with Crippen LogP contribution in [0.25, 0.3) is 10.8 Å². The number of para-hydroxylation sites is 1. The van der Waals surface area contributed by atoms with E-state index in [0.717, 1.165) is 10.8 Å². The van der Waals surface area contributed by atoms with Gasteiger partial charge in [0.25, 0.3) is 5.91 Å². The van der Waals surface area contributed by atoms with Crippen molar-refractivity contribution in [3.63, 3.8) is 0 Å². The minimum Gasteiger partial charge on any atom is -0.484 e. The number of rotatable bonds is 6. The van der Waals surface area contributed by atoms with E-state index in [-0.39, 0.29) is 25.0 Å². The maximum absolute atomic E-state index is 12.1. The van der Waals surface area contributed by atoms with Gasteiger partial charge in [-0.3, -0.25) is 14.6 Å². The lowest BCUT2D eigenvalue weighted by molar-refractivity contribution is -0.125. The van der Waals surface area contributed by atoms with E-state index in [1.165, 1.54) is 0 Å². The normalized spacial score (nSPS) is 10.2. The standard InChI is InChI=1S/C19H17N3O3/c23-18(12-21-19(24)13-25-15-6-2-1-3-7-15)22-17-8-4-5-14-11-20-10-9-16(14)17/h1-11H,12-13H2,(H,21,24)(H,22,23). The first-order chi connectivity index (χ1) is 12.2. The average Bonchev–Trinajstić information content (AvgIpc) is 2.66. The molecule has 0 saturated carbocycles.